The highest BCUT2D eigenvalue weighted by Gasteiger charge is 2.21. The van der Waals surface area contributed by atoms with Gasteiger partial charge in [-0.25, -0.2) is 4.98 Å². The Morgan fingerprint density at radius 2 is 1.81 bits per heavy atom. The third-order valence-corrected chi connectivity index (χ3v) is 5.80. The Balaban J connectivity index is 1.65. The van der Waals surface area contributed by atoms with Crippen molar-refractivity contribution in [3.8, 4) is 0 Å². The molecule has 2 aromatic carbocycles. The largest absolute Gasteiger partial charge is 0.351 e. The monoisotopic (exact) mass is 420 g/mol. The Labute approximate surface area is 184 Å². The van der Waals surface area contributed by atoms with Crippen LogP contribution in [0.25, 0.3) is 11.0 Å². The normalized spacial score (nSPS) is 15.0. The summed E-state index contributed by atoms with van der Waals surface area (Å²) in [7, 11) is 6.15. The van der Waals surface area contributed by atoms with Gasteiger partial charge in [0.05, 0.1) is 17.6 Å². The third-order valence-electron chi connectivity index (χ3n) is 5.80. The molecule has 0 atom stereocenters. The van der Waals surface area contributed by atoms with Crippen LogP contribution >= 0.6 is 0 Å². The van der Waals surface area contributed by atoms with Crippen LogP contribution in [-0.2, 0) is 6.54 Å². The molecule has 31 heavy (non-hydrogen) atoms. The number of hydrogen-bond donors (Lipinski definition) is 1. The van der Waals surface area contributed by atoms with Crippen LogP contribution in [0.2, 0.25) is 0 Å². The highest BCUT2D eigenvalue weighted by molar-refractivity contribution is 5.97. The summed E-state index contributed by atoms with van der Waals surface area (Å²) in [6, 6.07) is 16.3. The maximum Gasteiger partial charge on any atom is 0.251 e. The zero-order valence-corrected chi connectivity index (χ0v) is 18.7. The summed E-state index contributed by atoms with van der Waals surface area (Å²) in [4.78, 5) is 24.4. The summed E-state index contributed by atoms with van der Waals surface area (Å²) in [6.07, 6.45) is 0. The summed E-state index contributed by atoms with van der Waals surface area (Å²) < 4.78 is 2.28. The number of likely N-dealkylation sites (N-methyl/N-ethyl adjacent to an activating group) is 2. The van der Waals surface area contributed by atoms with Gasteiger partial charge in [0.15, 0.2) is 0 Å². The lowest BCUT2D eigenvalue weighted by molar-refractivity contribution is 0.0951. The van der Waals surface area contributed by atoms with Crippen molar-refractivity contribution in [2.75, 3.05) is 65.3 Å². The molecule has 4 rings (SSSR count). The number of fused-ring (bicyclic) bond motifs is 1. The van der Waals surface area contributed by atoms with Gasteiger partial charge in [0, 0.05) is 44.8 Å². The van der Waals surface area contributed by atoms with Crippen molar-refractivity contribution in [3.63, 3.8) is 0 Å². The van der Waals surface area contributed by atoms with Gasteiger partial charge in [0.25, 0.3) is 5.91 Å². The van der Waals surface area contributed by atoms with Crippen molar-refractivity contribution < 1.29 is 4.79 Å². The molecule has 0 unspecified atom stereocenters. The number of rotatable bonds is 7. The molecule has 7 nitrogen and oxygen atoms in total. The van der Waals surface area contributed by atoms with Crippen LogP contribution in [0.5, 0.6) is 0 Å². The number of nitrogens with one attached hydrogen (secondary N) is 1. The van der Waals surface area contributed by atoms with Crippen LogP contribution < -0.4 is 10.2 Å². The first kappa shape index (κ1) is 21.3. The third kappa shape index (κ3) is 5.06. The van der Waals surface area contributed by atoms with Gasteiger partial charge >= 0.3 is 0 Å². The number of hydrogen-bond acceptors (Lipinski definition) is 5. The molecule has 1 aromatic heterocycles. The van der Waals surface area contributed by atoms with Gasteiger partial charge in [-0.05, 0) is 44.9 Å². The van der Waals surface area contributed by atoms with Crippen LogP contribution in [-0.4, -0.2) is 85.7 Å². The molecule has 1 aliphatic heterocycles. The van der Waals surface area contributed by atoms with Crippen molar-refractivity contribution in [1.29, 1.82) is 0 Å². The summed E-state index contributed by atoms with van der Waals surface area (Å²) in [5, 5.41) is 2.99. The van der Waals surface area contributed by atoms with Gasteiger partial charge < -0.3 is 24.6 Å². The van der Waals surface area contributed by atoms with E-state index in [2.05, 4.69) is 55.9 Å². The number of benzene rings is 2. The van der Waals surface area contributed by atoms with Gasteiger partial charge in [-0.1, -0.05) is 30.3 Å². The fourth-order valence-electron chi connectivity index (χ4n) is 3.92. The minimum absolute atomic E-state index is 0.0532. The number of piperazine rings is 1. The molecular formula is C24H32N6O. The summed E-state index contributed by atoms with van der Waals surface area (Å²) in [5.74, 6) is 0.930. The Morgan fingerprint density at radius 1 is 1.06 bits per heavy atom. The molecule has 0 aliphatic carbocycles. The van der Waals surface area contributed by atoms with E-state index in [4.69, 9.17) is 4.98 Å². The molecule has 1 aliphatic rings. The van der Waals surface area contributed by atoms with Crippen molar-refractivity contribution in [2.45, 2.75) is 6.54 Å². The molecular weight excluding hydrogens is 388 g/mol. The van der Waals surface area contributed by atoms with Crippen molar-refractivity contribution in [2.24, 2.45) is 0 Å². The minimum Gasteiger partial charge on any atom is -0.351 e. The number of amides is 1. The predicted octanol–water partition coefficient (Wildman–Crippen LogP) is 2.13. The second-order valence-electron chi connectivity index (χ2n) is 8.54. The van der Waals surface area contributed by atoms with Crippen molar-refractivity contribution in [1.82, 2.24) is 24.7 Å². The highest BCUT2D eigenvalue weighted by Crippen LogP contribution is 2.26. The number of aromatic nitrogens is 2. The van der Waals surface area contributed by atoms with E-state index < -0.39 is 0 Å². The van der Waals surface area contributed by atoms with Gasteiger partial charge in [-0.2, -0.15) is 0 Å². The van der Waals surface area contributed by atoms with Crippen molar-refractivity contribution in [3.05, 3.63) is 59.7 Å². The summed E-state index contributed by atoms with van der Waals surface area (Å²) in [5.41, 5.74) is 3.82. The number of anilines is 1. The van der Waals surface area contributed by atoms with Gasteiger partial charge in [-0.3, -0.25) is 4.79 Å². The smallest absolute Gasteiger partial charge is 0.251 e. The topological polar surface area (TPSA) is 56.6 Å². The van der Waals surface area contributed by atoms with Gasteiger partial charge in [0.1, 0.15) is 0 Å². The van der Waals surface area contributed by atoms with E-state index in [-0.39, 0.29) is 5.91 Å². The fraction of sp³-hybridized carbons (Fsp3) is 0.417. The Hall–Kier alpha value is -2.90. The maximum atomic E-state index is 12.6. The van der Waals surface area contributed by atoms with E-state index in [1.807, 2.05) is 38.4 Å². The average molecular weight is 421 g/mol. The van der Waals surface area contributed by atoms with Crippen LogP contribution in [0, 0.1) is 0 Å². The lowest BCUT2D eigenvalue weighted by Crippen LogP contribution is -2.45. The van der Waals surface area contributed by atoms with E-state index in [0.29, 0.717) is 12.1 Å². The zero-order chi connectivity index (χ0) is 21.8. The lowest BCUT2D eigenvalue weighted by Gasteiger charge is -2.33. The lowest BCUT2D eigenvalue weighted by atomic mass is 10.1. The number of imidazole rings is 1. The summed E-state index contributed by atoms with van der Waals surface area (Å²) in [6.45, 7) is 6.14. The second kappa shape index (κ2) is 9.49. The molecule has 7 heteroatoms. The van der Waals surface area contributed by atoms with E-state index >= 15 is 0 Å². The van der Waals surface area contributed by atoms with Crippen LogP contribution in [0.15, 0.2) is 48.5 Å². The molecule has 3 aromatic rings. The molecule has 1 saturated heterocycles. The van der Waals surface area contributed by atoms with Crippen LogP contribution in [0.4, 0.5) is 5.95 Å². The molecule has 1 amide bonds. The maximum absolute atomic E-state index is 12.6. The first-order chi connectivity index (χ1) is 15.0. The molecule has 1 fully saturated rings. The van der Waals surface area contributed by atoms with E-state index in [1.54, 1.807) is 0 Å². The number of carbonyl (C=O) groups excluding carboxylic acids is 1. The fourth-order valence-corrected chi connectivity index (χ4v) is 3.92. The van der Waals surface area contributed by atoms with E-state index in [0.717, 1.165) is 56.3 Å². The minimum atomic E-state index is -0.0532. The number of nitrogens with zero attached hydrogens (tertiary/aromatic N) is 5. The second-order valence-corrected chi connectivity index (χ2v) is 8.54. The average Bonchev–Trinajstić information content (AvgIpc) is 3.12. The van der Waals surface area contributed by atoms with Crippen LogP contribution in [0.3, 0.4) is 0 Å². The standard InChI is InChI=1S/C24H32N6O/c1-27(2)12-11-25-23(31)20-9-10-22-21(17-20)26-24(29-15-13-28(3)14-16-29)30(22)18-19-7-5-4-6-8-19/h4-10,17H,11-16,18H2,1-3H3,(H,25,31). The highest BCUT2D eigenvalue weighted by atomic mass is 16.1. The Kier molecular flexibility index (Phi) is 6.53. The molecule has 0 radical (unpaired) electrons. The molecule has 0 bridgehead atoms. The van der Waals surface area contributed by atoms with Crippen LogP contribution in [0.1, 0.15) is 15.9 Å². The SMILES string of the molecule is CN(C)CCNC(=O)c1ccc2c(c1)nc(N1CCN(C)CC1)n2Cc1ccccc1. The molecule has 164 valence electrons. The number of carbonyl (C=O) groups is 1. The molecule has 2 heterocycles. The zero-order valence-electron chi connectivity index (χ0n) is 18.7. The first-order valence-electron chi connectivity index (χ1n) is 10.9. The van der Waals surface area contributed by atoms with Gasteiger partial charge in [-0.15, -0.1) is 0 Å². The molecule has 1 N–H and O–H groups in total. The quantitative estimate of drug-likeness (QED) is 0.635. The van der Waals surface area contributed by atoms with E-state index in [1.165, 1.54) is 5.56 Å². The first-order valence-corrected chi connectivity index (χ1v) is 10.9. The Morgan fingerprint density at radius 3 is 2.52 bits per heavy atom. The molecule has 0 spiro atoms. The predicted molar refractivity (Wildman–Crippen MR) is 126 cm³/mol. The summed E-state index contributed by atoms with van der Waals surface area (Å²) >= 11 is 0. The Bertz CT molecular complexity index is 1020. The van der Waals surface area contributed by atoms with Gasteiger partial charge in [0.2, 0.25) is 5.95 Å². The van der Waals surface area contributed by atoms with Crippen molar-refractivity contribution >= 4 is 22.9 Å². The van der Waals surface area contributed by atoms with E-state index in [9.17, 15) is 4.79 Å². The molecule has 0 saturated carbocycles.